The van der Waals surface area contributed by atoms with Gasteiger partial charge in [-0.3, -0.25) is 0 Å². The van der Waals surface area contributed by atoms with Crippen LogP contribution in [0.1, 0.15) is 26.2 Å². The molecule has 1 fully saturated rings. The van der Waals surface area contributed by atoms with E-state index in [-0.39, 0.29) is 0 Å². The number of halogens is 6. The molecule has 0 spiro atoms. The fourth-order valence-electron chi connectivity index (χ4n) is 3.14. The smallest absolute Gasteiger partial charge is 0.421 e. The lowest BCUT2D eigenvalue weighted by molar-refractivity contribution is -0.913. The first-order valence-electron chi connectivity index (χ1n) is 8.63. The molecule has 0 aromatic rings. The SMILES string of the molecule is CCC1CCC[N+]1(C)C[Si](OC)(OC)OC.O=S(=O)([N-]S(=O)(=O)C(F)(F)F)C(F)(F)F. The Morgan fingerprint density at radius 3 is 1.61 bits per heavy atom. The Morgan fingerprint density at radius 1 is 0.935 bits per heavy atom. The molecule has 0 amide bonds. The van der Waals surface area contributed by atoms with Crippen molar-refractivity contribution in [1.29, 1.82) is 0 Å². The summed E-state index contributed by atoms with van der Waals surface area (Å²) in [5, 5.41) is 0. The van der Waals surface area contributed by atoms with Crippen LogP contribution in [0.25, 0.3) is 4.13 Å². The highest BCUT2D eigenvalue weighted by Crippen LogP contribution is 2.36. The molecule has 0 aromatic heterocycles. The van der Waals surface area contributed by atoms with Crippen molar-refractivity contribution in [3.8, 4) is 0 Å². The molecule has 0 saturated carbocycles. The number of hydrogen-bond donors (Lipinski definition) is 0. The van der Waals surface area contributed by atoms with Gasteiger partial charge in [0.2, 0.25) is 0 Å². The maximum atomic E-state index is 11.4. The van der Waals surface area contributed by atoms with Gasteiger partial charge in [0.1, 0.15) is 6.17 Å². The monoisotopic (exact) mass is 528 g/mol. The highest BCUT2D eigenvalue weighted by Gasteiger charge is 2.51. The van der Waals surface area contributed by atoms with Crippen LogP contribution in [0.4, 0.5) is 26.3 Å². The molecule has 18 heteroatoms. The van der Waals surface area contributed by atoms with Crippen molar-refractivity contribution >= 4 is 28.9 Å². The molecular weight excluding hydrogens is 502 g/mol. The van der Waals surface area contributed by atoms with Crippen LogP contribution < -0.4 is 0 Å². The Kier molecular flexibility index (Phi) is 10.4. The topological polar surface area (TPSA) is 110 Å². The lowest BCUT2D eigenvalue weighted by Gasteiger charge is -2.40. The summed E-state index contributed by atoms with van der Waals surface area (Å²) in [6, 6.07) is 0.729. The standard InChI is InChI=1S/C11H26NO3Si.C2F6NO4S2/c1-6-11-8-7-9-12(11,2)10-16(13-3,14-4)15-5;3-1(4,5)14(10,11)9-15(12,13)2(6,7)8/h11H,6-10H2,1-5H3;/q+1;-1. The quantitative estimate of drug-likeness (QED) is 0.270. The van der Waals surface area contributed by atoms with E-state index in [2.05, 4.69) is 14.0 Å². The first kappa shape index (κ1) is 30.5. The van der Waals surface area contributed by atoms with Crippen molar-refractivity contribution < 1.29 is 60.9 Å². The number of sulfonamides is 2. The zero-order valence-electron chi connectivity index (χ0n) is 17.4. The van der Waals surface area contributed by atoms with Crippen molar-refractivity contribution in [2.75, 3.05) is 41.1 Å². The minimum absolute atomic E-state index is 0.729. The van der Waals surface area contributed by atoms with Gasteiger partial charge in [0, 0.05) is 34.2 Å². The first-order valence-corrected chi connectivity index (χ1v) is 13.4. The average molecular weight is 529 g/mol. The molecule has 9 nitrogen and oxygen atoms in total. The zero-order valence-corrected chi connectivity index (χ0v) is 20.1. The Morgan fingerprint density at radius 2 is 1.32 bits per heavy atom. The molecule has 0 aromatic carbocycles. The van der Waals surface area contributed by atoms with E-state index in [1.165, 1.54) is 25.8 Å². The minimum Gasteiger partial charge on any atom is -0.421 e. The van der Waals surface area contributed by atoms with E-state index in [0.29, 0.717) is 0 Å². The van der Waals surface area contributed by atoms with E-state index >= 15 is 0 Å². The van der Waals surface area contributed by atoms with E-state index in [4.69, 9.17) is 13.3 Å². The number of likely N-dealkylation sites (tertiary alicyclic amines) is 1. The van der Waals surface area contributed by atoms with Crippen LogP contribution >= 0.6 is 0 Å². The molecule has 0 bridgehead atoms. The molecule has 1 saturated heterocycles. The highest BCUT2D eigenvalue weighted by molar-refractivity contribution is 8.13. The van der Waals surface area contributed by atoms with Crippen molar-refractivity contribution in [3.63, 3.8) is 0 Å². The summed E-state index contributed by atoms with van der Waals surface area (Å²) in [5.41, 5.74) is -12.4. The van der Waals surface area contributed by atoms with Gasteiger partial charge in [-0.2, -0.15) is 26.3 Å². The minimum atomic E-state index is -6.72. The van der Waals surface area contributed by atoms with E-state index in [1.54, 1.807) is 21.3 Å². The van der Waals surface area contributed by atoms with Crippen LogP contribution in [0.2, 0.25) is 0 Å². The zero-order chi connectivity index (χ0) is 24.9. The maximum Gasteiger partial charge on any atom is 0.558 e. The Balaban J connectivity index is 0.000000582. The van der Waals surface area contributed by atoms with Crippen LogP contribution in [0.5, 0.6) is 0 Å². The Hall–Kier alpha value is -0.503. The summed E-state index contributed by atoms with van der Waals surface area (Å²) in [4.78, 5) is 0. The number of rotatable bonds is 8. The number of hydrogen-bond acceptors (Lipinski definition) is 7. The summed E-state index contributed by atoms with van der Waals surface area (Å²) in [7, 11) is -8.49. The molecule has 1 heterocycles. The average Bonchev–Trinajstić information content (AvgIpc) is 2.98. The van der Waals surface area contributed by atoms with Gasteiger partial charge in [0.15, 0.2) is 20.0 Å². The second-order valence-corrected chi connectivity index (χ2v) is 13.1. The summed E-state index contributed by atoms with van der Waals surface area (Å²) in [6.07, 6.45) is 4.72. The number of quaternary nitrogens is 1. The molecule has 2 unspecified atom stereocenters. The Bertz CT molecular complexity index is 737. The van der Waals surface area contributed by atoms with Gasteiger partial charge in [-0.25, -0.2) is 16.8 Å². The molecule has 0 radical (unpaired) electrons. The van der Waals surface area contributed by atoms with Gasteiger partial charge in [-0.1, -0.05) is 6.92 Å². The van der Waals surface area contributed by atoms with Gasteiger partial charge < -0.3 is 21.9 Å². The van der Waals surface area contributed by atoms with Crippen LogP contribution in [0.3, 0.4) is 0 Å². The van der Waals surface area contributed by atoms with E-state index in [9.17, 15) is 43.2 Å². The van der Waals surface area contributed by atoms with Crippen LogP contribution in [0, 0.1) is 0 Å². The lowest BCUT2D eigenvalue weighted by Crippen LogP contribution is -2.62. The third-order valence-electron chi connectivity index (χ3n) is 4.83. The molecule has 0 N–H and O–H groups in total. The normalized spacial score (nSPS) is 23.4. The van der Waals surface area contributed by atoms with Gasteiger partial charge in [-0.05, 0) is 6.42 Å². The summed E-state index contributed by atoms with van der Waals surface area (Å²) < 4.78 is 127. The fraction of sp³-hybridized carbons (Fsp3) is 1.00. The first-order chi connectivity index (χ1) is 13.8. The van der Waals surface area contributed by atoms with Gasteiger partial charge in [0.25, 0.3) is 0 Å². The van der Waals surface area contributed by atoms with E-state index in [1.807, 2.05) is 0 Å². The third-order valence-corrected chi connectivity index (χ3v) is 10.5. The molecule has 0 aliphatic carbocycles. The molecule has 2 atom stereocenters. The molecule has 1 aliphatic heterocycles. The van der Waals surface area contributed by atoms with Crippen molar-refractivity contribution in [2.45, 2.75) is 43.2 Å². The summed E-state index contributed by atoms with van der Waals surface area (Å²) in [6.45, 7) is 3.48. The molecular formula is C13H26F6N2O7S2Si. The molecule has 188 valence electrons. The van der Waals surface area contributed by atoms with Crippen molar-refractivity contribution in [2.24, 2.45) is 0 Å². The number of nitrogens with zero attached hydrogens (tertiary/aromatic N) is 2. The second-order valence-electron chi connectivity index (χ2n) is 6.78. The van der Waals surface area contributed by atoms with E-state index in [0.717, 1.165) is 20.8 Å². The van der Waals surface area contributed by atoms with Crippen LogP contribution in [-0.4, -0.2) is 88.3 Å². The predicted octanol–water partition coefficient (Wildman–Crippen LogP) is 2.48. The van der Waals surface area contributed by atoms with Crippen molar-refractivity contribution in [3.05, 3.63) is 4.13 Å². The van der Waals surface area contributed by atoms with Crippen molar-refractivity contribution in [1.82, 2.24) is 0 Å². The predicted molar refractivity (Wildman–Crippen MR) is 99.3 cm³/mol. The highest BCUT2D eigenvalue weighted by atomic mass is 32.3. The third kappa shape index (κ3) is 7.79. The van der Waals surface area contributed by atoms with Gasteiger partial charge in [-0.15, -0.1) is 0 Å². The number of alkyl halides is 6. The Labute approximate surface area is 178 Å². The fourth-order valence-corrected chi connectivity index (χ4v) is 7.03. The largest absolute Gasteiger partial charge is 0.558 e. The van der Waals surface area contributed by atoms with Gasteiger partial charge in [0.05, 0.1) is 19.6 Å². The van der Waals surface area contributed by atoms with Gasteiger partial charge >= 0.3 is 19.8 Å². The second kappa shape index (κ2) is 10.6. The van der Waals surface area contributed by atoms with Crippen LogP contribution in [0.15, 0.2) is 0 Å². The summed E-state index contributed by atoms with van der Waals surface area (Å²) >= 11 is 0. The molecule has 1 rings (SSSR count). The molecule has 31 heavy (non-hydrogen) atoms. The van der Waals surface area contributed by atoms with E-state index < -0.39 is 39.9 Å². The lowest BCUT2D eigenvalue weighted by atomic mass is 10.1. The summed E-state index contributed by atoms with van der Waals surface area (Å²) in [5.74, 6) is 0. The molecule has 1 aliphatic rings. The van der Waals surface area contributed by atoms with Crippen LogP contribution in [-0.2, 0) is 33.3 Å². The maximum absolute atomic E-state index is 11.4.